The van der Waals surface area contributed by atoms with Crippen molar-refractivity contribution in [1.29, 1.82) is 0 Å². The molecule has 1 fully saturated rings. The lowest BCUT2D eigenvalue weighted by atomic mass is 10.2. The summed E-state index contributed by atoms with van der Waals surface area (Å²) in [5.41, 5.74) is 2.97. The van der Waals surface area contributed by atoms with Crippen molar-refractivity contribution in [1.82, 2.24) is 30.2 Å². The number of benzene rings is 1. The van der Waals surface area contributed by atoms with Gasteiger partial charge in [-0.15, -0.1) is 0 Å². The van der Waals surface area contributed by atoms with Gasteiger partial charge in [0.05, 0.1) is 6.20 Å². The lowest BCUT2D eigenvalue weighted by Crippen LogP contribution is -2.22. The van der Waals surface area contributed by atoms with Crippen LogP contribution in [0.25, 0.3) is 11.7 Å². The molecule has 0 bridgehead atoms. The number of imide groups is 1. The second-order valence-electron chi connectivity index (χ2n) is 7.17. The minimum atomic E-state index is -0.571. The van der Waals surface area contributed by atoms with Crippen LogP contribution in [-0.2, 0) is 11.3 Å². The highest BCUT2D eigenvalue weighted by Gasteiger charge is 2.23. The zero-order valence-corrected chi connectivity index (χ0v) is 17.8. The van der Waals surface area contributed by atoms with Crippen molar-refractivity contribution in [2.45, 2.75) is 6.54 Å². The predicted molar refractivity (Wildman–Crippen MR) is 124 cm³/mol. The molecule has 0 unspecified atom stereocenters. The van der Waals surface area contributed by atoms with E-state index in [1.165, 1.54) is 6.08 Å². The number of nitrogens with one attached hydrogen (secondary N) is 4. The molecule has 11 heteroatoms. The van der Waals surface area contributed by atoms with Crippen LogP contribution in [-0.4, -0.2) is 31.5 Å². The van der Waals surface area contributed by atoms with Crippen LogP contribution in [0, 0.1) is 0 Å². The minimum Gasteiger partial charge on any atom is -0.366 e. The average Bonchev–Trinajstić information content (AvgIpc) is 3.35. The Balaban J connectivity index is 1.55. The maximum atomic E-state index is 12.0. The van der Waals surface area contributed by atoms with E-state index in [0.717, 1.165) is 11.3 Å². The summed E-state index contributed by atoms with van der Waals surface area (Å²) < 4.78 is 1.63. The maximum Gasteiger partial charge on any atom is 0.326 e. The summed E-state index contributed by atoms with van der Waals surface area (Å²) in [6.07, 6.45) is 6.56. The van der Waals surface area contributed by atoms with Crippen LogP contribution in [0.15, 0.2) is 66.8 Å². The normalized spacial score (nSPS) is 14.4. The summed E-state index contributed by atoms with van der Waals surface area (Å²) in [6.45, 7) is 0.535. The zero-order valence-electron chi connectivity index (χ0n) is 17.0. The first-order chi connectivity index (χ1) is 16.0. The Kier molecular flexibility index (Phi) is 5.33. The minimum absolute atomic E-state index is 0.121. The van der Waals surface area contributed by atoms with Crippen molar-refractivity contribution < 1.29 is 9.59 Å². The number of aromatic nitrogens is 4. The first-order valence-corrected chi connectivity index (χ1v) is 10.3. The van der Waals surface area contributed by atoms with Crippen molar-refractivity contribution in [2.75, 3.05) is 10.6 Å². The van der Waals surface area contributed by atoms with E-state index in [4.69, 9.17) is 11.6 Å². The Bertz CT molecular complexity index is 1400. The fraction of sp³-hybridized carbons (Fsp3) is 0.0455. The summed E-state index contributed by atoms with van der Waals surface area (Å²) >= 11 is 6.11. The van der Waals surface area contributed by atoms with Crippen LogP contribution in [0.3, 0.4) is 0 Å². The zero-order chi connectivity index (χ0) is 22.8. The monoisotopic (exact) mass is 460 g/mol. The van der Waals surface area contributed by atoms with Gasteiger partial charge in [-0.3, -0.25) is 15.1 Å². The van der Waals surface area contributed by atoms with Crippen molar-refractivity contribution in [3.05, 3.63) is 82.9 Å². The van der Waals surface area contributed by atoms with Crippen molar-refractivity contribution >= 4 is 52.6 Å². The lowest BCUT2D eigenvalue weighted by Gasteiger charge is -2.12. The molecule has 1 aliphatic rings. The Morgan fingerprint density at radius 1 is 1.09 bits per heavy atom. The number of pyridine rings is 1. The van der Waals surface area contributed by atoms with Crippen LogP contribution >= 0.6 is 11.6 Å². The number of carbonyl (C=O) groups is 2. The molecule has 0 saturated carbocycles. The van der Waals surface area contributed by atoms with E-state index in [1.54, 1.807) is 35.2 Å². The average molecular weight is 461 g/mol. The van der Waals surface area contributed by atoms with E-state index in [9.17, 15) is 9.59 Å². The Morgan fingerprint density at radius 2 is 1.94 bits per heavy atom. The van der Waals surface area contributed by atoms with Crippen LogP contribution in [0.1, 0.15) is 11.1 Å². The molecule has 1 aliphatic heterocycles. The second kappa shape index (κ2) is 8.60. The van der Waals surface area contributed by atoms with Crippen LogP contribution in [0.4, 0.5) is 22.1 Å². The van der Waals surface area contributed by atoms with E-state index < -0.39 is 11.9 Å². The Hall–Kier alpha value is -4.44. The molecule has 4 aromatic rings. The van der Waals surface area contributed by atoms with Gasteiger partial charge in [0.15, 0.2) is 5.65 Å². The molecule has 0 atom stereocenters. The van der Waals surface area contributed by atoms with Gasteiger partial charge in [0.25, 0.3) is 5.91 Å². The van der Waals surface area contributed by atoms with Gasteiger partial charge in [-0.1, -0.05) is 17.7 Å². The van der Waals surface area contributed by atoms with E-state index >= 15 is 0 Å². The molecule has 0 spiro atoms. The molecular weight excluding hydrogens is 444 g/mol. The van der Waals surface area contributed by atoms with Crippen LogP contribution < -0.4 is 21.3 Å². The van der Waals surface area contributed by atoms with Crippen molar-refractivity contribution in [3.63, 3.8) is 0 Å². The number of nitrogens with zero attached hydrogens (tertiary/aromatic N) is 4. The molecule has 164 valence electrons. The van der Waals surface area contributed by atoms with Gasteiger partial charge in [0, 0.05) is 41.3 Å². The molecule has 3 aromatic heterocycles. The highest BCUT2D eigenvalue weighted by atomic mass is 35.5. The molecule has 5 rings (SSSR count). The third-order valence-electron chi connectivity index (χ3n) is 4.84. The van der Waals surface area contributed by atoms with Crippen LogP contribution in [0.2, 0.25) is 5.02 Å². The van der Waals surface area contributed by atoms with Gasteiger partial charge in [-0.05, 0) is 42.0 Å². The highest BCUT2D eigenvalue weighted by Crippen LogP contribution is 2.25. The molecule has 0 aliphatic carbocycles. The number of rotatable bonds is 6. The molecule has 4 heterocycles. The van der Waals surface area contributed by atoms with E-state index in [0.29, 0.717) is 34.4 Å². The number of carbonyl (C=O) groups excluding carboxylic acids is 2. The summed E-state index contributed by atoms with van der Waals surface area (Å²) in [5.74, 6) is 0.705. The van der Waals surface area contributed by atoms with Gasteiger partial charge in [-0.25, -0.2) is 9.78 Å². The van der Waals surface area contributed by atoms with Gasteiger partial charge in [-0.2, -0.15) is 9.61 Å². The topological polar surface area (TPSA) is 125 Å². The molecule has 1 saturated heterocycles. The molecule has 4 N–H and O–H groups in total. The van der Waals surface area contributed by atoms with Gasteiger partial charge in [0.2, 0.25) is 0 Å². The Labute approximate surface area is 192 Å². The first kappa shape index (κ1) is 20.5. The van der Waals surface area contributed by atoms with Gasteiger partial charge < -0.3 is 16.0 Å². The van der Waals surface area contributed by atoms with Gasteiger partial charge in [0.1, 0.15) is 17.3 Å². The van der Waals surface area contributed by atoms with Crippen molar-refractivity contribution in [2.24, 2.45) is 0 Å². The SMILES string of the molecule is O=C1NC(=O)C(=Cc2cnn3c(NCc4ccncc4)cc(Nc4cccc(Cl)c4)nc23)N1. The highest BCUT2D eigenvalue weighted by molar-refractivity contribution is 6.30. The molecule has 1 aromatic carbocycles. The number of hydrogen-bond acceptors (Lipinski definition) is 7. The smallest absolute Gasteiger partial charge is 0.326 e. The summed E-state index contributed by atoms with van der Waals surface area (Å²) in [7, 11) is 0. The van der Waals surface area contributed by atoms with E-state index in [1.807, 2.05) is 30.3 Å². The second-order valence-corrected chi connectivity index (χ2v) is 7.61. The fourth-order valence-corrected chi connectivity index (χ4v) is 3.51. The third kappa shape index (κ3) is 4.46. The number of hydrogen-bond donors (Lipinski definition) is 4. The number of halogens is 1. The summed E-state index contributed by atoms with van der Waals surface area (Å²) in [4.78, 5) is 32.1. The maximum absolute atomic E-state index is 12.0. The third-order valence-corrected chi connectivity index (χ3v) is 5.07. The lowest BCUT2D eigenvalue weighted by molar-refractivity contribution is -0.115. The van der Waals surface area contributed by atoms with E-state index in [2.05, 4.69) is 36.3 Å². The molecular formula is C22H17ClN8O2. The Morgan fingerprint density at radius 3 is 2.70 bits per heavy atom. The number of anilines is 3. The molecule has 10 nitrogen and oxygen atoms in total. The molecule has 3 amide bonds. The fourth-order valence-electron chi connectivity index (χ4n) is 3.32. The molecule has 33 heavy (non-hydrogen) atoms. The number of fused-ring (bicyclic) bond motifs is 1. The standard InChI is InChI=1S/C22H17ClN8O2/c23-15-2-1-3-16(9-15)27-18-10-19(25-11-13-4-6-24-7-5-13)31-20(29-18)14(12-26-31)8-17-21(32)30-22(33)28-17/h1-10,12,25H,11H2,(H,27,29)(H2,28,30,32,33). The van der Waals surface area contributed by atoms with Crippen molar-refractivity contribution in [3.8, 4) is 0 Å². The van der Waals surface area contributed by atoms with Crippen LogP contribution in [0.5, 0.6) is 0 Å². The summed E-state index contributed by atoms with van der Waals surface area (Å²) in [5, 5.41) is 16.3. The van der Waals surface area contributed by atoms with E-state index in [-0.39, 0.29) is 5.70 Å². The largest absolute Gasteiger partial charge is 0.366 e. The number of urea groups is 1. The quantitative estimate of drug-likeness (QED) is 0.257. The number of amides is 3. The molecule has 0 radical (unpaired) electrons. The van der Waals surface area contributed by atoms with Gasteiger partial charge >= 0.3 is 6.03 Å². The first-order valence-electron chi connectivity index (χ1n) is 9.93. The predicted octanol–water partition coefficient (Wildman–Crippen LogP) is 3.31. The summed E-state index contributed by atoms with van der Waals surface area (Å²) in [6, 6.07) is 12.4.